The molecule has 0 saturated heterocycles. The van der Waals surface area contributed by atoms with Crippen LogP contribution in [0.4, 0.5) is 5.69 Å². The molecule has 0 atom stereocenters. The Morgan fingerprint density at radius 2 is 2.29 bits per heavy atom. The molecule has 74 valence electrons. The van der Waals surface area contributed by atoms with Gasteiger partial charge in [-0.15, -0.1) is 11.8 Å². The highest BCUT2D eigenvalue weighted by Crippen LogP contribution is 2.35. The Labute approximate surface area is 86.3 Å². The summed E-state index contributed by atoms with van der Waals surface area (Å²) in [6.45, 7) is 0. The van der Waals surface area contributed by atoms with E-state index in [1.807, 2.05) is 0 Å². The minimum absolute atomic E-state index is 0.295. The molecular formula is C10H11NO2S. The zero-order valence-electron chi connectivity index (χ0n) is 7.62. The molecule has 14 heavy (non-hydrogen) atoms. The monoisotopic (exact) mass is 209 g/mol. The van der Waals surface area contributed by atoms with Crippen molar-refractivity contribution in [3.63, 3.8) is 0 Å². The number of fused-ring (bicyclic) bond motifs is 1. The van der Waals surface area contributed by atoms with Crippen LogP contribution in [-0.4, -0.2) is 16.8 Å². The van der Waals surface area contributed by atoms with Crippen molar-refractivity contribution in [2.75, 3.05) is 11.5 Å². The van der Waals surface area contributed by atoms with E-state index in [0.717, 1.165) is 29.1 Å². The first-order valence-electron chi connectivity index (χ1n) is 4.47. The molecule has 2 rings (SSSR count). The largest absolute Gasteiger partial charge is 0.478 e. The molecule has 0 aliphatic carbocycles. The molecule has 0 spiro atoms. The van der Waals surface area contributed by atoms with E-state index in [1.165, 1.54) is 0 Å². The molecule has 0 aromatic heterocycles. The molecule has 3 nitrogen and oxygen atoms in total. The van der Waals surface area contributed by atoms with Gasteiger partial charge in [-0.25, -0.2) is 4.79 Å². The normalized spacial score (nSPS) is 14.9. The summed E-state index contributed by atoms with van der Waals surface area (Å²) in [6.07, 6.45) is 2.04. The fraction of sp³-hybridized carbons (Fsp3) is 0.300. The number of hydrogen-bond acceptors (Lipinski definition) is 3. The fourth-order valence-electron chi connectivity index (χ4n) is 1.64. The third-order valence-corrected chi connectivity index (χ3v) is 3.56. The number of benzene rings is 1. The van der Waals surface area contributed by atoms with E-state index in [9.17, 15) is 4.79 Å². The Bertz CT molecular complexity index is 390. The summed E-state index contributed by atoms with van der Waals surface area (Å²) in [7, 11) is 0. The molecule has 0 saturated carbocycles. The minimum Gasteiger partial charge on any atom is -0.478 e. The molecule has 1 aliphatic rings. The number of carboxylic acid groups (broad SMARTS) is 1. The third kappa shape index (κ3) is 1.57. The van der Waals surface area contributed by atoms with E-state index >= 15 is 0 Å². The Balaban J connectivity index is 2.51. The second-order valence-corrected chi connectivity index (χ2v) is 4.42. The molecule has 4 heteroatoms. The van der Waals surface area contributed by atoms with Gasteiger partial charge in [-0.1, -0.05) is 0 Å². The van der Waals surface area contributed by atoms with Crippen molar-refractivity contribution < 1.29 is 9.90 Å². The van der Waals surface area contributed by atoms with E-state index in [2.05, 4.69) is 0 Å². The van der Waals surface area contributed by atoms with Gasteiger partial charge in [0.25, 0.3) is 0 Å². The quantitative estimate of drug-likeness (QED) is 0.694. The van der Waals surface area contributed by atoms with Crippen molar-refractivity contribution in [3.8, 4) is 0 Å². The molecule has 1 heterocycles. The van der Waals surface area contributed by atoms with Crippen molar-refractivity contribution in [1.82, 2.24) is 0 Å². The topological polar surface area (TPSA) is 63.3 Å². The predicted octanol–water partition coefficient (Wildman–Crippen LogP) is 2.01. The van der Waals surface area contributed by atoms with Crippen molar-refractivity contribution in [2.45, 2.75) is 17.7 Å². The number of nitrogen functional groups attached to an aromatic ring is 1. The zero-order valence-corrected chi connectivity index (χ0v) is 8.43. The van der Waals surface area contributed by atoms with Crippen molar-refractivity contribution >= 4 is 23.4 Å². The number of rotatable bonds is 1. The summed E-state index contributed by atoms with van der Waals surface area (Å²) < 4.78 is 0. The highest BCUT2D eigenvalue weighted by molar-refractivity contribution is 7.99. The maximum atomic E-state index is 10.8. The zero-order chi connectivity index (χ0) is 10.1. The molecule has 1 aliphatic heterocycles. The molecule has 0 radical (unpaired) electrons. The summed E-state index contributed by atoms with van der Waals surface area (Å²) in [5, 5.41) is 8.85. The van der Waals surface area contributed by atoms with Crippen LogP contribution in [0.2, 0.25) is 0 Å². The first-order valence-corrected chi connectivity index (χ1v) is 5.45. The van der Waals surface area contributed by atoms with Gasteiger partial charge in [-0.05, 0) is 36.3 Å². The summed E-state index contributed by atoms with van der Waals surface area (Å²) in [4.78, 5) is 11.8. The second kappa shape index (κ2) is 3.53. The van der Waals surface area contributed by atoms with Gasteiger partial charge in [0.05, 0.1) is 5.56 Å². The van der Waals surface area contributed by atoms with E-state index in [0.29, 0.717) is 11.3 Å². The summed E-state index contributed by atoms with van der Waals surface area (Å²) in [5.74, 6) is 0.166. The van der Waals surface area contributed by atoms with Gasteiger partial charge in [0.15, 0.2) is 0 Å². The Morgan fingerprint density at radius 3 is 3.00 bits per heavy atom. The predicted molar refractivity (Wildman–Crippen MR) is 56.9 cm³/mol. The van der Waals surface area contributed by atoms with Crippen molar-refractivity contribution in [2.24, 2.45) is 0 Å². The van der Waals surface area contributed by atoms with Crippen LogP contribution in [-0.2, 0) is 6.42 Å². The number of aromatic carboxylic acids is 1. The molecule has 0 bridgehead atoms. The summed E-state index contributed by atoms with van der Waals surface area (Å²) >= 11 is 1.72. The highest BCUT2D eigenvalue weighted by atomic mass is 32.2. The van der Waals surface area contributed by atoms with Gasteiger partial charge in [0.1, 0.15) is 0 Å². The van der Waals surface area contributed by atoms with Crippen LogP contribution in [0.25, 0.3) is 0 Å². The average Bonchev–Trinajstić information content (AvgIpc) is 2.17. The van der Waals surface area contributed by atoms with Gasteiger partial charge in [-0.2, -0.15) is 0 Å². The van der Waals surface area contributed by atoms with Gasteiger partial charge in [-0.3, -0.25) is 0 Å². The maximum absolute atomic E-state index is 10.8. The molecule has 1 aromatic rings. The van der Waals surface area contributed by atoms with Crippen LogP contribution in [0, 0.1) is 0 Å². The highest BCUT2D eigenvalue weighted by Gasteiger charge is 2.15. The Morgan fingerprint density at radius 1 is 1.50 bits per heavy atom. The van der Waals surface area contributed by atoms with Crippen LogP contribution >= 0.6 is 11.8 Å². The van der Waals surface area contributed by atoms with E-state index in [-0.39, 0.29) is 0 Å². The van der Waals surface area contributed by atoms with Gasteiger partial charge in [0.2, 0.25) is 0 Å². The number of carboxylic acids is 1. The van der Waals surface area contributed by atoms with E-state index in [4.69, 9.17) is 10.8 Å². The number of aryl methyl sites for hydroxylation is 1. The van der Waals surface area contributed by atoms with Crippen molar-refractivity contribution in [3.05, 3.63) is 23.3 Å². The SMILES string of the molecule is Nc1cc(C(=O)O)cc2c1SCCC2. The standard InChI is InChI=1S/C10H11NO2S/c11-8-5-7(10(12)13)4-6-2-1-3-14-9(6)8/h4-5H,1-3,11H2,(H,12,13). The minimum atomic E-state index is -0.907. The number of nitrogens with two attached hydrogens (primary N) is 1. The lowest BCUT2D eigenvalue weighted by Crippen LogP contribution is -2.06. The summed E-state index contributed by atoms with van der Waals surface area (Å²) in [5.41, 5.74) is 7.77. The van der Waals surface area contributed by atoms with Crippen molar-refractivity contribution in [1.29, 1.82) is 0 Å². The molecule has 0 amide bonds. The lowest BCUT2D eigenvalue weighted by molar-refractivity contribution is 0.0696. The van der Waals surface area contributed by atoms with Crippen LogP contribution in [0.5, 0.6) is 0 Å². The number of anilines is 1. The van der Waals surface area contributed by atoms with E-state index < -0.39 is 5.97 Å². The number of hydrogen-bond donors (Lipinski definition) is 2. The lowest BCUT2D eigenvalue weighted by Gasteiger charge is -2.17. The summed E-state index contributed by atoms with van der Waals surface area (Å²) in [6, 6.07) is 3.28. The van der Waals surface area contributed by atoms with Crippen LogP contribution in [0.3, 0.4) is 0 Å². The smallest absolute Gasteiger partial charge is 0.335 e. The van der Waals surface area contributed by atoms with Gasteiger partial charge < -0.3 is 10.8 Å². The number of thioether (sulfide) groups is 1. The maximum Gasteiger partial charge on any atom is 0.335 e. The first kappa shape index (κ1) is 9.40. The lowest BCUT2D eigenvalue weighted by atomic mass is 10.0. The Kier molecular flexibility index (Phi) is 2.37. The third-order valence-electron chi connectivity index (χ3n) is 2.28. The van der Waals surface area contributed by atoms with Crippen LogP contribution in [0.15, 0.2) is 17.0 Å². The first-order chi connectivity index (χ1) is 6.68. The molecule has 0 fully saturated rings. The number of carbonyl (C=O) groups is 1. The molecule has 0 unspecified atom stereocenters. The van der Waals surface area contributed by atoms with Crippen LogP contribution < -0.4 is 5.73 Å². The fourth-order valence-corrected chi connectivity index (χ4v) is 2.70. The average molecular weight is 209 g/mol. The van der Waals surface area contributed by atoms with E-state index in [1.54, 1.807) is 23.9 Å². The second-order valence-electron chi connectivity index (χ2n) is 3.31. The van der Waals surface area contributed by atoms with Gasteiger partial charge in [0, 0.05) is 10.6 Å². The van der Waals surface area contributed by atoms with Gasteiger partial charge >= 0.3 is 5.97 Å². The molecular weight excluding hydrogens is 198 g/mol. The van der Waals surface area contributed by atoms with Crippen LogP contribution in [0.1, 0.15) is 22.3 Å². The molecule has 3 N–H and O–H groups in total. The Hall–Kier alpha value is -1.16. The molecule has 1 aromatic carbocycles.